The highest BCUT2D eigenvalue weighted by molar-refractivity contribution is 14.0. The summed E-state index contributed by atoms with van der Waals surface area (Å²) in [5, 5.41) is 5.82. The third-order valence-electron chi connectivity index (χ3n) is 2.22. The molecule has 4 nitrogen and oxygen atoms in total. The minimum atomic E-state index is -2.85. The van der Waals surface area contributed by atoms with E-state index in [0.29, 0.717) is 24.6 Å². The Balaban J connectivity index is 0.00000361. The molecule has 0 aliphatic rings. The molecule has 0 unspecified atom stereocenters. The highest BCUT2D eigenvalue weighted by Crippen LogP contribution is 2.19. The SMILES string of the molecule is C#CCNC(=NC)NCc1ccccc1OC(F)F.I. The molecule has 0 spiro atoms. The Morgan fingerprint density at radius 3 is 2.70 bits per heavy atom. The van der Waals surface area contributed by atoms with Gasteiger partial charge in [-0.3, -0.25) is 4.99 Å². The lowest BCUT2D eigenvalue weighted by Gasteiger charge is -2.13. The first kappa shape index (κ1) is 18.4. The molecule has 110 valence electrons. The van der Waals surface area contributed by atoms with Crippen LogP contribution in [0.25, 0.3) is 0 Å². The zero-order chi connectivity index (χ0) is 14.1. The molecular weight excluding hydrogens is 379 g/mol. The molecule has 1 aromatic carbocycles. The van der Waals surface area contributed by atoms with E-state index in [4.69, 9.17) is 6.42 Å². The molecule has 1 rings (SSSR count). The quantitative estimate of drug-likeness (QED) is 0.348. The largest absolute Gasteiger partial charge is 0.434 e. The standard InChI is InChI=1S/C13H15F2N3O.HI/c1-3-8-17-13(16-2)18-9-10-6-4-5-7-11(10)19-12(14)15;/h1,4-7,12H,8-9H2,2H3,(H2,16,17,18);1H. The monoisotopic (exact) mass is 395 g/mol. The molecule has 0 heterocycles. The molecule has 0 atom stereocenters. The van der Waals surface area contributed by atoms with Crippen LogP contribution >= 0.6 is 24.0 Å². The molecule has 0 aliphatic carbocycles. The molecule has 0 aromatic heterocycles. The second-order valence-corrected chi connectivity index (χ2v) is 3.47. The van der Waals surface area contributed by atoms with E-state index < -0.39 is 6.61 Å². The maximum Gasteiger partial charge on any atom is 0.387 e. The summed E-state index contributed by atoms with van der Waals surface area (Å²) in [5.74, 6) is 3.04. The third-order valence-corrected chi connectivity index (χ3v) is 2.22. The van der Waals surface area contributed by atoms with Crippen LogP contribution in [-0.4, -0.2) is 26.2 Å². The van der Waals surface area contributed by atoms with E-state index >= 15 is 0 Å². The molecular formula is C13H16F2IN3O. The van der Waals surface area contributed by atoms with E-state index in [1.54, 1.807) is 25.2 Å². The van der Waals surface area contributed by atoms with Crippen molar-refractivity contribution in [2.24, 2.45) is 4.99 Å². The van der Waals surface area contributed by atoms with Crippen LogP contribution in [0.15, 0.2) is 29.3 Å². The van der Waals surface area contributed by atoms with Crippen LogP contribution < -0.4 is 15.4 Å². The number of guanidine groups is 1. The molecule has 0 bridgehead atoms. The molecule has 2 N–H and O–H groups in total. The van der Waals surface area contributed by atoms with Crippen molar-refractivity contribution in [3.63, 3.8) is 0 Å². The van der Waals surface area contributed by atoms with Crippen molar-refractivity contribution in [3.05, 3.63) is 29.8 Å². The van der Waals surface area contributed by atoms with Crippen molar-refractivity contribution in [1.82, 2.24) is 10.6 Å². The zero-order valence-electron chi connectivity index (χ0n) is 10.9. The van der Waals surface area contributed by atoms with E-state index in [9.17, 15) is 8.78 Å². The number of benzene rings is 1. The van der Waals surface area contributed by atoms with Crippen molar-refractivity contribution in [2.75, 3.05) is 13.6 Å². The fraction of sp³-hybridized carbons (Fsp3) is 0.308. The van der Waals surface area contributed by atoms with Crippen LogP contribution in [0.1, 0.15) is 5.56 Å². The van der Waals surface area contributed by atoms with Crippen molar-refractivity contribution in [1.29, 1.82) is 0 Å². The van der Waals surface area contributed by atoms with Crippen molar-refractivity contribution >= 4 is 29.9 Å². The average Bonchev–Trinajstić information content (AvgIpc) is 2.40. The lowest BCUT2D eigenvalue weighted by molar-refractivity contribution is -0.0504. The summed E-state index contributed by atoms with van der Waals surface area (Å²) in [6, 6.07) is 6.56. The fourth-order valence-electron chi connectivity index (χ4n) is 1.40. The number of hydrogen-bond acceptors (Lipinski definition) is 2. The molecule has 20 heavy (non-hydrogen) atoms. The molecule has 0 saturated heterocycles. The minimum absolute atomic E-state index is 0. The van der Waals surface area contributed by atoms with Gasteiger partial charge in [0.15, 0.2) is 5.96 Å². The van der Waals surface area contributed by atoms with Gasteiger partial charge >= 0.3 is 6.61 Å². The molecule has 0 aliphatic heterocycles. The Labute approximate surface area is 134 Å². The van der Waals surface area contributed by atoms with Crippen LogP contribution in [0.3, 0.4) is 0 Å². The van der Waals surface area contributed by atoms with Crippen LogP contribution in [0, 0.1) is 12.3 Å². The highest BCUT2D eigenvalue weighted by Gasteiger charge is 2.09. The van der Waals surface area contributed by atoms with Gasteiger partial charge in [0.25, 0.3) is 0 Å². The van der Waals surface area contributed by atoms with Gasteiger partial charge < -0.3 is 15.4 Å². The fourth-order valence-corrected chi connectivity index (χ4v) is 1.40. The van der Waals surface area contributed by atoms with Gasteiger partial charge in [-0.15, -0.1) is 30.4 Å². The zero-order valence-corrected chi connectivity index (χ0v) is 13.2. The molecule has 7 heteroatoms. The van der Waals surface area contributed by atoms with E-state index in [2.05, 4.69) is 26.3 Å². The van der Waals surface area contributed by atoms with E-state index in [0.717, 1.165) is 0 Å². The second-order valence-electron chi connectivity index (χ2n) is 3.47. The number of halogens is 3. The predicted molar refractivity (Wildman–Crippen MR) is 85.5 cm³/mol. The number of ether oxygens (including phenoxy) is 1. The van der Waals surface area contributed by atoms with Crippen molar-refractivity contribution in [3.8, 4) is 18.1 Å². The average molecular weight is 395 g/mol. The summed E-state index contributed by atoms with van der Waals surface area (Å²) in [7, 11) is 1.59. The maximum atomic E-state index is 12.2. The number of alkyl halides is 2. The van der Waals surface area contributed by atoms with Gasteiger partial charge in [-0.1, -0.05) is 24.1 Å². The third kappa shape index (κ3) is 6.56. The number of nitrogens with one attached hydrogen (secondary N) is 2. The van der Waals surface area contributed by atoms with Gasteiger partial charge in [-0.2, -0.15) is 8.78 Å². The number of para-hydroxylation sites is 1. The first-order valence-electron chi connectivity index (χ1n) is 5.58. The van der Waals surface area contributed by atoms with Gasteiger partial charge in [-0.05, 0) is 6.07 Å². The number of hydrogen-bond donors (Lipinski definition) is 2. The Bertz CT molecular complexity index is 475. The summed E-state index contributed by atoms with van der Waals surface area (Å²) >= 11 is 0. The normalized spacial score (nSPS) is 10.4. The summed E-state index contributed by atoms with van der Waals surface area (Å²) in [5.41, 5.74) is 0.603. The molecule has 0 saturated carbocycles. The topological polar surface area (TPSA) is 45.7 Å². The number of rotatable bonds is 5. The summed E-state index contributed by atoms with van der Waals surface area (Å²) in [6.07, 6.45) is 5.12. The van der Waals surface area contributed by atoms with Crippen molar-refractivity contribution in [2.45, 2.75) is 13.2 Å². The number of nitrogens with zero attached hydrogens (tertiary/aromatic N) is 1. The first-order valence-corrected chi connectivity index (χ1v) is 5.58. The Hall–Kier alpha value is -1.56. The van der Waals surface area contributed by atoms with Gasteiger partial charge in [0, 0.05) is 19.2 Å². The molecule has 1 aromatic rings. The smallest absolute Gasteiger partial charge is 0.387 e. The van der Waals surface area contributed by atoms with Gasteiger partial charge in [-0.25, -0.2) is 0 Å². The molecule has 0 radical (unpaired) electrons. The Morgan fingerprint density at radius 1 is 1.40 bits per heavy atom. The maximum absolute atomic E-state index is 12.2. The summed E-state index contributed by atoms with van der Waals surface area (Å²) in [6.45, 7) is -2.22. The van der Waals surface area contributed by atoms with Gasteiger partial charge in [0.2, 0.25) is 0 Å². The lowest BCUT2D eigenvalue weighted by atomic mass is 10.2. The molecule has 0 amide bonds. The number of aliphatic imine (C=N–C) groups is 1. The van der Waals surface area contributed by atoms with Crippen molar-refractivity contribution < 1.29 is 13.5 Å². The summed E-state index contributed by atoms with van der Waals surface area (Å²) in [4.78, 5) is 3.94. The Kier molecular flexibility index (Phi) is 9.45. The predicted octanol–water partition coefficient (Wildman–Crippen LogP) is 2.20. The van der Waals surface area contributed by atoms with E-state index in [-0.39, 0.29) is 29.7 Å². The van der Waals surface area contributed by atoms with E-state index in [1.807, 2.05) is 0 Å². The van der Waals surface area contributed by atoms with Crippen LogP contribution in [-0.2, 0) is 6.54 Å². The first-order chi connectivity index (χ1) is 9.17. The number of terminal acetylenes is 1. The van der Waals surface area contributed by atoms with Crippen LogP contribution in [0.5, 0.6) is 5.75 Å². The van der Waals surface area contributed by atoms with E-state index in [1.165, 1.54) is 6.07 Å². The minimum Gasteiger partial charge on any atom is -0.434 e. The lowest BCUT2D eigenvalue weighted by Crippen LogP contribution is -2.37. The van der Waals surface area contributed by atoms with Gasteiger partial charge in [0.05, 0.1) is 6.54 Å². The second kappa shape index (κ2) is 10.3. The van der Waals surface area contributed by atoms with Crippen LogP contribution in [0.2, 0.25) is 0 Å². The highest BCUT2D eigenvalue weighted by atomic mass is 127. The Morgan fingerprint density at radius 2 is 2.10 bits per heavy atom. The molecule has 0 fully saturated rings. The van der Waals surface area contributed by atoms with Crippen LogP contribution in [0.4, 0.5) is 8.78 Å². The summed E-state index contributed by atoms with van der Waals surface area (Å²) < 4.78 is 28.9. The van der Waals surface area contributed by atoms with Gasteiger partial charge in [0.1, 0.15) is 5.75 Å².